The minimum atomic E-state index is -2.62. The van der Waals surface area contributed by atoms with Crippen molar-refractivity contribution in [3.05, 3.63) is 157 Å². The van der Waals surface area contributed by atoms with E-state index in [2.05, 4.69) is 68.0 Å². The fourth-order valence-electron chi connectivity index (χ4n) is 21.2. The molecule has 17 N–H and O–H groups in total. The number of carbonyl (C=O) groups is 4. The summed E-state index contributed by atoms with van der Waals surface area (Å²) in [4.78, 5) is 60.1. The zero-order valence-corrected chi connectivity index (χ0v) is 60.3. The zero-order valence-electron chi connectivity index (χ0n) is 60.3. The maximum absolute atomic E-state index is 16.0. The van der Waals surface area contributed by atoms with Crippen LogP contribution in [0.4, 0.5) is 5.69 Å². The summed E-state index contributed by atoms with van der Waals surface area (Å²) in [5.74, 6) is 1.35. The number of aliphatic hydroxyl groups is 7. The van der Waals surface area contributed by atoms with Crippen LogP contribution in [0.2, 0.25) is 0 Å². The Hall–Kier alpha value is -7.46. The molecule has 2 spiro atoms. The van der Waals surface area contributed by atoms with Crippen LogP contribution in [0.5, 0.6) is 11.5 Å². The van der Waals surface area contributed by atoms with Crippen molar-refractivity contribution < 1.29 is 78.6 Å². The van der Waals surface area contributed by atoms with Gasteiger partial charge in [-0.25, -0.2) is 0 Å². The molecule has 3 saturated carbocycles. The van der Waals surface area contributed by atoms with Crippen molar-refractivity contribution in [3.8, 4) is 23.3 Å². The van der Waals surface area contributed by atoms with E-state index in [0.29, 0.717) is 91.6 Å². The van der Waals surface area contributed by atoms with Crippen molar-refractivity contribution in [2.24, 2.45) is 34.1 Å². The molecule has 1 amide bonds. The van der Waals surface area contributed by atoms with Gasteiger partial charge in [0.15, 0.2) is 28.7 Å². The Morgan fingerprint density at radius 1 is 0.897 bits per heavy atom. The second kappa shape index (κ2) is 28.4. The SMILES string of the molecule is CNCc1cc2cc3c1CC1=CC(NC4CCCC4)C4=C(N)NCC=C4C1(COC1C4Oc5c(cc6c(c5OCC(O)CC=O)C(=O)c5cc(CO)ccc5C6=O)C(c5ccccc5N5CNC6C(=O)NC(N)NC65)C5CCC(O)C(C#CC(O)(C1O)C(O4)C1(CCCC1)OC5)C2)C(O)C3C1(CO)CCCC1. The summed E-state index contributed by atoms with van der Waals surface area (Å²) < 4.78 is 37.8. The molecule has 25 heteroatoms. The number of ether oxygens (including phenoxy) is 5. The second-order valence-corrected chi connectivity index (χ2v) is 32.5. The second-order valence-electron chi connectivity index (χ2n) is 32.5. The normalized spacial score (nSPS) is 34.1. The number of hydrogen-bond donors (Lipinski definition) is 15. The first-order chi connectivity index (χ1) is 51.8. The summed E-state index contributed by atoms with van der Waals surface area (Å²) >= 11 is 0. The van der Waals surface area contributed by atoms with Gasteiger partial charge < -0.3 is 96.1 Å². The number of fused-ring (bicyclic) bond motifs is 13. The Labute approximate surface area is 621 Å². The number of benzene rings is 4. The van der Waals surface area contributed by atoms with Crippen molar-refractivity contribution in [3.63, 3.8) is 0 Å². The van der Waals surface area contributed by atoms with E-state index in [9.17, 15) is 45.3 Å². The maximum atomic E-state index is 16.0. The number of carbonyl (C=O) groups excluding carboxylic acids is 4. The predicted octanol–water partition coefficient (Wildman–Crippen LogP) is 2.81. The highest BCUT2D eigenvalue weighted by Crippen LogP contribution is 2.63. The summed E-state index contributed by atoms with van der Waals surface area (Å²) in [5.41, 5.74) is 14.5. The smallest absolute Gasteiger partial charge is 0.242 e. The van der Waals surface area contributed by atoms with Crippen LogP contribution in [0.15, 0.2) is 95.4 Å². The van der Waals surface area contributed by atoms with Crippen molar-refractivity contribution in [1.82, 2.24) is 31.9 Å². The summed E-state index contributed by atoms with van der Waals surface area (Å²) in [6.07, 6.45) is 0.391. The largest absolute Gasteiger partial charge is 0.486 e. The van der Waals surface area contributed by atoms with Gasteiger partial charge in [-0.15, -0.1) is 0 Å². The molecule has 0 radical (unpaired) electrons. The number of nitrogens with one attached hydrogen (secondary N) is 6. The minimum absolute atomic E-state index is 0.0340. The molecule has 0 aromatic heterocycles. The van der Waals surface area contributed by atoms with E-state index < -0.39 is 151 Å². The van der Waals surface area contributed by atoms with Crippen molar-refractivity contribution in [2.75, 3.05) is 51.6 Å². The number of dihydropyridines is 1. The lowest BCUT2D eigenvalue weighted by molar-refractivity contribution is -0.337. The highest BCUT2D eigenvalue weighted by molar-refractivity contribution is 6.29. The van der Waals surface area contributed by atoms with Crippen LogP contribution in [-0.4, -0.2) is 191 Å². The highest BCUT2D eigenvalue weighted by atomic mass is 16.7. The first kappa shape index (κ1) is 72.4. The molecule has 6 aliphatic carbocycles. The Balaban J connectivity index is 0.961. The van der Waals surface area contributed by atoms with Gasteiger partial charge in [-0.05, 0) is 140 Å². The molecule has 7 heterocycles. The molecule has 107 heavy (non-hydrogen) atoms. The standard InChI is InChI=1S/C82H99N9O16/c1-85-35-46-29-43-28-44-18-25-82(102)72(100)70(104-40-81-47(32-52(46)53(31-43)64(71(81)99)79(39-94)21-6-7-22-79)33-58(88-48-10-2-3-11-48)63-57(81)19-26-86-73(63)83)76-106-68-56(34-55-62(69(68)103-38-49(95)20-27-92)67(98)54-30-42(36-93)14-16-50(54)66(55)97)61(45(15-17-60(44)96)37-105-80(77(82)107-76)23-8-9-24-80)51-12-4-5-13-59(51)91-41-87-65-74(91)89-78(84)90-75(65)101/h4-5,12-14,16,19,27,29-31,33-34,44-45,48-49,58,60-61,64-65,70-72,74,76-78,85-89,93-96,99-100,102H,2-3,6-11,15,17,20-24,26,28,32,35-41,83-84H2,1H3,(H,90,101). The van der Waals surface area contributed by atoms with Crippen LogP contribution in [0.25, 0.3) is 0 Å². The monoisotopic (exact) mass is 1470 g/mol. The van der Waals surface area contributed by atoms with Crippen molar-refractivity contribution in [1.29, 1.82) is 0 Å². The fourth-order valence-corrected chi connectivity index (χ4v) is 21.2. The van der Waals surface area contributed by atoms with Crippen molar-refractivity contribution >= 4 is 29.4 Å². The van der Waals surface area contributed by atoms with Crippen LogP contribution < -0.4 is 57.7 Å². The number of aldehydes is 1. The molecule has 568 valence electrons. The van der Waals surface area contributed by atoms with E-state index in [1.807, 2.05) is 36.2 Å². The molecule has 25 nitrogen and oxygen atoms in total. The van der Waals surface area contributed by atoms with Gasteiger partial charge in [-0.3, -0.25) is 30.8 Å². The molecule has 17 unspecified atom stereocenters. The molecule has 3 saturated heterocycles. The predicted molar refractivity (Wildman–Crippen MR) is 391 cm³/mol. The van der Waals surface area contributed by atoms with Gasteiger partial charge in [0.2, 0.25) is 12.2 Å². The fraction of sp³-hybridized carbons (Fsp3) is 0.561. The third kappa shape index (κ3) is 11.9. The topological polar surface area (TPSA) is 384 Å². The Morgan fingerprint density at radius 3 is 2.47 bits per heavy atom. The summed E-state index contributed by atoms with van der Waals surface area (Å²) in [5, 5.41) is 112. The van der Waals surface area contributed by atoms with Crippen LogP contribution in [0.3, 0.4) is 0 Å². The average Bonchev–Trinajstić information content (AvgIpc) is 1.64. The first-order valence-electron chi connectivity index (χ1n) is 38.7. The molecule has 13 aliphatic rings. The summed E-state index contributed by atoms with van der Waals surface area (Å²) in [6, 6.07) is 17.0. The third-order valence-electron chi connectivity index (χ3n) is 26.5. The van der Waals surface area contributed by atoms with Gasteiger partial charge in [0, 0.05) is 82.9 Å². The number of rotatable bonds is 14. The zero-order chi connectivity index (χ0) is 74.0. The van der Waals surface area contributed by atoms with E-state index in [1.54, 1.807) is 12.1 Å². The van der Waals surface area contributed by atoms with Crippen LogP contribution in [0, 0.1) is 34.5 Å². The van der Waals surface area contributed by atoms with Crippen LogP contribution >= 0.6 is 0 Å². The first-order valence-corrected chi connectivity index (χ1v) is 38.7. The Bertz CT molecular complexity index is 4380. The van der Waals surface area contributed by atoms with Crippen molar-refractivity contribution in [2.45, 2.75) is 219 Å². The number of nitrogens with two attached hydrogens (primary N) is 2. The number of hydrogen-bond acceptors (Lipinski definition) is 24. The van der Waals surface area contributed by atoms with Gasteiger partial charge in [-0.1, -0.05) is 104 Å². The molecular formula is C82H99N9O16. The van der Waals surface area contributed by atoms with E-state index in [0.717, 1.165) is 66.4 Å². The Kier molecular flexibility index (Phi) is 19.2. The van der Waals surface area contributed by atoms with Gasteiger partial charge >= 0.3 is 0 Å². The maximum Gasteiger partial charge on any atom is 0.242 e. The van der Waals surface area contributed by atoms with Crippen LogP contribution in [-0.2, 0) is 49.8 Å². The minimum Gasteiger partial charge on any atom is -0.486 e. The lowest BCUT2D eigenvalue weighted by Crippen LogP contribution is -2.73. The average molecular weight is 1470 g/mol. The molecule has 4 aromatic rings. The molecule has 17 atom stereocenters. The lowest BCUT2D eigenvalue weighted by atomic mass is 9.56. The van der Waals surface area contributed by atoms with Gasteiger partial charge in [0.1, 0.15) is 55.5 Å². The lowest BCUT2D eigenvalue weighted by Gasteiger charge is -2.54. The number of aliphatic hydroxyl groups excluding tert-OH is 6. The molecular weight excluding hydrogens is 1370 g/mol. The third-order valence-corrected chi connectivity index (χ3v) is 26.5. The van der Waals surface area contributed by atoms with E-state index in [1.165, 1.54) is 12.1 Å². The van der Waals surface area contributed by atoms with E-state index >= 15 is 9.59 Å². The number of ketones is 2. The summed E-state index contributed by atoms with van der Waals surface area (Å²) in [6.45, 7) is -1.09. The van der Waals surface area contributed by atoms with Gasteiger partial charge in [-0.2, -0.15) is 0 Å². The molecule has 17 rings (SSSR count). The van der Waals surface area contributed by atoms with Crippen LogP contribution in [0.1, 0.15) is 179 Å². The molecule has 7 aliphatic heterocycles. The van der Waals surface area contributed by atoms with E-state index in [4.69, 9.17) is 35.2 Å². The Morgan fingerprint density at radius 2 is 1.69 bits per heavy atom. The number of anilines is 1. The van der Waals surface area contributed by atoms with E-state index in [-0.39, 0.29) is 97.0 Å². The quantitative estimate of drug-likeness (QED) is 0.0432. The molecule has 6 fully saturated rings. The summed E-state index contributed by atoms with van der Waals surface area (Å²) in [7, 11) is 1.90. The number of para-hydroxylation sites is 1. The highest BCUT2D eigenvalue weighted by Gasteiger charge is 2.67. The van der Waals surface area contributed by atoms with Gasteiger partial charge in [0.05, 0.1) is 73.3 Å². The van der Waals surface area contributed by atoms with Gasteiger partial charge in [0.25, 0.3) is 0 Å². The number of nitrogens with zero attached hydrogens (tertiary/aromatic N) is 1. The molecule has 4 aromatic carbocycles. The molecule has 9 bridgehead atoms. The number of amides is 1.